The molecule has 0 radical (unpaired) electrons. The van der Waals surface area contributed by atoms with Crippen LogP contribution in [-0.4, -0.2) is 4.98 Å². The molecule has 0 spiro atoms. The normalized spacial score (nSPS) is 14.6. The van der Waals surface area contributed by atoms with E-state index in [-0.39, 0.29) is 0 Å². The highest BCUT2D eigenvalue weighted by molar-refractivity contribution is 7.18. The molecule has 2 aromatic heterocycles. The molecule has 0 atom stereocenters. The summed E-state index contributed by atoms with van der Waals surface area (Å²) in [5.74, 6) is 0. The van der Waals surface area contributed by atoms with Gasteiger partial charge in [-0.05, 0) is 46.8 Å². The zero-order chi connectivity index (χ0) is 19.8. The van der Waals surface area contributed by atoms with Gasteiger partial charge in [0.25, 0.3) is 4.83 Å². The molecule has 0 saturated carbocycles. The molecule has 4 aromatic rings. The lowest BCUT2D eigenvalue weighted by atomic mass is 9.99. The number of rotatable bonds is 3. The summed E-state index contributed by atoms with van der Waals surface area (Å²) in [5.41, 5.74) is 5.80. The summed E-state index contributed by atoms with van der Waals surface area (Å²) in [5, 5.41) is 1.67. The number of para-hydroxylation sites is 1. The van der Waals surface area contributed by atoms with Crippen LogP contribution in [-0.2, 0) is 13.6 Å². The number of benzene rings is 2. The third kappa shape index (κ3) is 3.57. The van der Waals surface area contributed by atoms with E-state index < -0.39 is 0 Å². The molecule has 0 amide bonds. The minimum atomic E-state index is 0.698. The topological polar surface area (TPSA) is 20.0 Å². The van der Waals surface area contributed by atoms with E-state index in [9.17, 15) is 0 Å². The minimum absolute atomic E-state index is 0.698. The number of halogens is 1. The van der Waals surface area contributed by atoms with Crippen LogP contribution in [0, 0.1) is 0 Å². The Hall–Kier alpha value is -2.95. The molecule has 5 rings (SSSR count). The van der Waals surface area contributed by atoms with Gasteiger partial charge < -0.3 is 4.90 Å². The number of nitrogens with zero attached hydrogens (tertiary/aromatic N) is 3. The van der Waals surface area contributed by atoms with Crippen LogP contribution >= 0.6 is 22.9 Å². The summed E-state index contributed by atoms with van der Waals surface area (Å²) in [4.78, 5) is 8.18. The fourth-order valence-electron chi connectivity index (χ4n) is 3.65. The number of anilines is 1. The van der Waals surface area contributed by atoms with Crippen LogP contribution in [0.4, 0.5) is 5.69 Å². The quantitative estimate of drug-likeness (QED) is 0.390. The van der Waals surface area contributed by atoms with E-state index in [2.05, 4.69) is 77.8 Å². The molecule has 0 bridgehead atoms. The van der Waals surface area contributed by atoms with Gasteiger partial charge in [-0.15, -0.1) is 0 Å². The average molecular weight is 417 g/mol. The lowest BCUT2D eigenvalue weighted by Crippen LogP contribution is -2.27. The standard InChI is InChI=1S/C24H19ClN3S/c1-27-16-19(25)14-21-24(27)29-23(26-21)13-18-11-12-28(15-17-7-3-2-4-8-17)22-10-6-5-9-20(18)22/h2-14,16H,15H2,1H3/q+1/b18-13-. The third-order valence-corrected chi connectivity index (χ3v) is 6.31. The highest BCUT2D eigenvalue weighted by Crippen LogP contribution is 2.35. The lowest BCUT2D eigenvalue weighted by Gasteiger charge is -2.27. The first-order chi connectivity index (χ1) is 14.2. The molecular weight excluding hydrogens is 398 g/mol. The lowest BCUT2D eigenvalue weighted by molar-refractivity contribution is -0.642. The number of aryl methyl sites for hydroxylation is 1. The number of pyridine rings is 1. The first kappa shape index (κ1) is 18.1. The van der Waals surface area contributed by atoms with Crippen molar-refractivity contribution in [2.24, 2.45) is 7.05 Å². The van der Waals surface area contributed by atoms with Gasteiger partial charge in [0.15, 0.2) is 6.20 Å². The maximum atomic E-state index is 6.19. The molecule has 3 nitrogen and oxygen atoms in total. The summed E-state index contributed by atoms with van der Waals surface area (Å²) in [7, 11) is 2.00. The van der Waals surface area contributed by atoms with Gasteiger partial charge in [0, 0.05) is 24.0 Å². The van der Waals surface area contributed by atoms with E-state index in [1.807, 2.05) is 23.9 Å². The summed E-state index contributed by atoms with van der Waals surface area (Å²) < 4.78 is 2.03. The first-order valence-electron chi connectivity index (χ1n) is 9.43. The van der Waals surface area contributed by atoms with Crippen molar-refractivity contribution in [2.45, 2.75) is 6.54 Å². The first-order valence-corrected chi connectivity index (χ1v) is 10.6. The van der Waals surface area contributed by atoms with E-state index in [1.165, 1.54) is 16.8 Å². The van der Waals surface area contributed by atoms with Gasteiger partial charge in [0.05, 0.1) is 0 Å². The SMILES string of the molecule is C[n+]1cc(Cl)cc2nc(/C=C3/C=CN(Cc4ccccc4)c4ccccc43)sc21. The number of hydrogen-bond acceptors (Lipinski definition) is 3. The van der Waals surface area contributed by atoms with Crippen molar-refractivity contribution < 1.29 is 4.57 Å². The minimum Gasteiger partial charge on any atom is -0.343 e. The van der Waals surface area contributed by atoms with E-state index in [0.717, 1.165) is 27.5 Å². The summed E-state index contributed by atoms with van der Waals surface area (Å²) in [6.45, 7) is 0.844. The largest absolute Gasteiger partial charge is 0.343 e. The van der Waals surface area contributed by atoms with E-state index >= 15 is 0 Å². The third-order valence-electron chi connectivity index (χ3n) is 5.00. The van der Waals surface area contributed by atoms with Crippen LogP contribution in [0.5, 0.6) is 0 Å². The maximum absolute atomic E-state index is 6.19. The molecule has 0 saturated heterocycles. The van der Waals surface area contributed by atoms with Gasteiger partial charge in [-0.3, -0.25) is 0 Å². The van der Waals surface area contributed by atoms with Crippen LogP contribution in [0.2, 0.25) is 5.02 Å². The predicted octanol–water partition coefficient (Wildman–Crippen LogP) is 5.85. The van der Waals surface area contributed by atoms with E-state index in [1.54, 1.807) is 11.3 Å². The van der Waals surface area contributed by atoms with E-state index in [4.69, 9.17) is 16.6 Å². The maximum Gasteiger partial charge on any atom is 0.289 e. The predicted molar refractivity (Wildman–Crippen MR) is 122 cm³/mol. The number of allylic oxidation sites excluding steroid dienone is 2. The zero-order valence-electron chi connectivity index (χ0n) is 15.9. The van der Waals surface area contributed by atoms with Crippen molar-refractivity contribution in [3.8, 4) is 0 Å². The fraction of sp³-hybridized carbons (Fsp3) is 0.0833. The summed E-state index contributed by atoms with van der Waals surface area (Å²) in [6.07, 6.45) is 8.40. The molecular formula is C24H19ClN3S+. The Morgan fingerprint density at radius 3 is 2.76 bits per heavy atom. The van der Waals surface area contributed by atoms with Gasteiger partial charge in [-0.25, -0.2) is 4.98 Å². The molecule has 142 valence electrons. The monoisotopic (exact) mass is 416 g/mol. The van der Waals surface area contributed by atoms with Crippen LogP contribution in [0.25, 0.3) is 22.0 Å². The second-order valence-electron chi connectivity index (χ2n) is 7.06. The number of aromatic nitrogens is 2. The van der Waals surface area contributed by atoms with Gasteiger partial charge in [-0.2, -0.15) is 4.57 Å². The average Bonchev–Trinajstić information content (AvgIpc) is 3.13. The van der Waals surface area contributed by atoms with E-state index in [0.29, 0.717) is 5.02 Å². The Kier molecular flexibility index (Phi) is 4.66. The van der Waals surface area contributed by atoms with Crippen molar-refractivity contribution in [3.63, 3.8) is 0 Å². The Bertz CT molecular complexity index is 1260. The molecule has 1 aliphatic heterocycles. The van der Waals surface area contributed by atoms with Crippen molar-refractivity contribution in [1.82, 2.24) is 4.98 Å². The van der Waals surface area contributed by atoms with Crippen LogP contribution < -0.4 is 9.47 Å². The highest BCUT2D eigenvalue weighted by Gasteiger charge is 2.18. The number of hydrogen-bond donors (Lipinski definition) is 0. The van der Waals surface area contributed by atoms with Crippen molar-refractivity contribution in [1.29, 1.82) is 0 Å². The Morgan fingerprint density at radius 1 is 1.10 bits per heavy atom. The number of fused-ring (bicyclic) bond motifs is 2. The van der Waals surface area contributed by atoms with Crippen molar-refractivity contribution in [3.05, 3.63) is 100 Å². The summed E-state index contributed by atoms with van der Waals surface area (Å²) >= 11 is 7.86. The van der Waals surface area contributed by atoms with Gasteiger partial charge in [-0.1, -0.05) is 60.1 Å². The molecule has 29 heavy (non-hydrogen) atoms. The Morgan fingerprint density at radius 2 is 1.90 bits per heavy atom. The fourth-order valence-corrected chi connectivity index (χ4v) is 4.83. The van der Waals surface area contributed by atoms with Gasteiger partial charge in [0.1, 0.15) is 22.6 Å². The van der Waals surface area contributed by atoms with Crippen LogP contribution in [0.15, 0.2) is 79.1 Å². The smallest absolute Gasteiger partial charge is 0.289 e. The molecule has 0 N–H and O–H groups in total. The molecule has 5 heteroatoms. The molecule has 3 heterocycles. The molecule has 0 unspecified atom stereocenters. The highest BCUT2D eigenvalue weighted by atomic mass is 35.5. The Labute approximate surface area is 178 Å². The van der Waals surface area contributed by atoms with Crippen LogP contribution in [0.3, 0.4) is 0 Å². The summed E-state index contributed by atoms with van der Waals surface area (Å²) in [6, 6.07) is 21.0. The van der Waals surface area contributed by atoms with Crippen molar-refractivity contribution >= 4 is 50.6 Å². The molecule has 2 aromatic carbocycles. The zero-order valence-corrected chi connectivity index (χ0v) is 17.5. The van der Waals surface area contributed by atoms with Gasteiger partial charge >= 0.3 is 0 Å². The van der Waals surface area contributed by atoms with Crippen molar-refractivity contribution in [2.75, 3.05) is 4.90 Å². The Balaban J connectivity index is 1.53. The van der Waals surface area contributed by atoms with Gasteiger partial charge in [0.2, 0.25) is 0 Å². The second-order valence-corrected chi connectivity index (χ2v) is 8.50. The molecule has 0 aliphatic carbocycles. The number of thiazole rings is 1. The molecule has 0 fully saturated rings. The molecule has 1 aliphatic rings. The van der Waals surface area contributed by atoms with Crippen LogP contribution in [0.1, 0.15) is 16.1 Å². The second kappa shape index (κ2) is 7.47.